The van der Waals surface area contributed by atoms with Crippen LogP contribution in [0.25, 0.3) is 0 Å². The Kier molecular flexibility index (Phi) is 7.50. The summed E-state index contributed by atoms with van der Waals surface area (Å²) in [6.45, 7) is 2.40. The summed E-state index contributed by atoms with van der Waals surface area (Å²) >= 11 is 3.34. The van der Waals surface area contributed by atoms with Crippen LogP contribution in [0.1, 0.15) is 33.2 Å². The van der Waals surface area contributed by atoms with Gasteiger partial charge in [0.25, 0.3) is 5.91 Å². The van der Waals surface area contributed by atoms with Crippen LogP contribution in [0.15, 0.2) is 76.3 Å². The zero-order valence-electron chi connectivity index (χ0n) is 16.5. The van der Waals surface area contributed by atoms with Crippen LogP contribution in [0, 0.1) is 5.82 Å². The van der Waals surface area contributed by atoms with E-state index in [1.807, 2.05) is 6.92 Å². The molecule has 1 amide bonds. The number of rotatable bonds is 7. The fourth-order valence-electron chi connectivity index (χ4n) is 2.59. The first-order valence-corrected chi connectivity index (χ1v) is 10.1. The highest BCUT2D eigenvalue weighted by Gasteiger charge is 2.13. The number of halogens is 2. The number of carbonyl (C=O) groups excluding carboxylic acids is 2. The van der Waals surface area contributed by atoms with Crippen LogP contribution in [0.4, 0.5) is 4.39 Å². The average molecular weight is 485 g/mol. The predicted octanol–water partition coefficient (Wildman–Crippen LogP) is 4.97. The summed E-state index contributed by atoms with van der Waals surface area (Å²) in [5.74, 6) is -1.01. The summed E-state index contributed by atoms with van der Waals surface area (Å²) in [7, 11) is 0. The fraction of sp³-hybridized carbons (Fsp3) is 0.0870. The molecule has 0 radical (unpaired) electrons. The second kappa shape index (κ2) is 10.5. The number of benzene rings is 3. The molecule has 1 N–H and O–H groups in total. The van der Waals surface area contributed by atoms with Gasteiger partial charge < -0.3 is 9.47 Å². The Hall–Kier alpha value is -3.52. The van der Waals surface area contributed by atoms with Crippen LogP contribution >= 0.6 is 15.9 Å². The van der Waals surface area contributed by atoms with E-state index in [9.17, 15) is 14.0 Å². The molecule has 0 aliphatic heterocycles. The van der Waals surface area contributed by atoms with Crippen molar-refractivity contribution in [2.75, 3.05) is 6.61 Å². The third-order valence-electron chi connectivity index (χ3n) is 4.06. The first-order chi connectivity index (χ1) is 15.0. The summed E-state index contributed by atoms with van der Waals surface area (Å²) in [5, 5.41) is 3.85. The Labute approximate surface area is 186 Å². The van der Waals surface area contributed by atoms with E-state index in [1.165, 1.54) is 24.4 Å². The minimum absolute atomic E-state index is 0.129. The Bertz CT molecular complexity index is 1120. The molecule has 0 fully saturated rings. The summed E-state index contributed by atoms with van der Waals surface area (Å²) in [6, 6.07) is 17.1. The van der Waals surface area contributed by atoms with Gasteiger partial charge in [0.15, 0.2) is 0 Å². The smallest absolute Gasteiger partial charge is 0.343 e. The van der Waals surface area contributed by atoms with Crippen molar-refractivity contribution in [3.63, 3.8) is 0 Å². The van der Waals surface area contributed by atoms with Gasteiger partial charge >= 0.3 is 5.97 Å². The van der Waals surface area contributed by atoms with E-state index >= 15 is 0 Å². The quantitative estimate of drug-likeness (QED) is 0.222. The molecule has 3 rings (SSSR count). The van der Waals surface area contributed by atoms with Crippen LogP contribution < -0.4 is 14.9 Å². The van der Waals surface area contributed by atoms with Crippen molar-refractivity contribution < 1.29 is 23.5 Å². The Morgan fingerprint density at radius 2 is 1.84 bits per heavy atom. The molecule has 6 nitrogen and oxygen atoms in total. The minimum Gasteiger partial charge on any atom is -0.494 e. The standard InChI is InChI=1S/C23H18BrFN2O4/c1-2-30-18-10-7-15(8-11-18)23(29)31-21-12-9-17(24)13-16(21)14-26-27-22(28)19-5-3-4-6-20(19)25/h3-14H,2H2,1H3,(H,27,28)/b26-14-. The number of ether oxygens (including phenoxy) is 2. The Balaban J connectivity index is 1.72. The lowest BCUT2D eigenvalue weighted by atomic mass is 10.2. The minimum atomic E-state index is -0.697. The molecule has 0 unspecified atom stereocenters. The number of hydrogen-bond acceptors (Lipinski definition) is 5. The summed E-state index contributed by atoms with van der Waals surface area (Å²) in [5.41, 5.74) is 2.91. The zero-order valence-corrected chi connectivity index (χ0v) is 18.1. The van der Waals surface area contributed by atoms with Gasteiger partial charge in [-0.3, -0.25) is 4.79 Å². The molecule has 3 aromatic carbocycles. The van der Waals surface area contributed by atoms with Crippen LogP contribution in [0.3, 0.4) is 0 Å². The molecule has 3 aromatic rings. The molecule has 0 aliphatic rings. The van der Waals surface area contributed by atoms with E-state index in [0.717, 1.165) is 4.47 Å². The number of nitrogens with one attached hydrogen (secondary N) is 1. The maximum Gasteiger partial charge on any atom is 0.343 e. The lowest BCUT2D eigenvalue weighted by molar-refractivity contribution is 0.0734. The van der Waals surface area contributed by atoms with E-state index in [2.05, 4.69) is 26.5 Å². The monoisotopic (exact) mass is 484 g/mol. The fourth-order valence-corrected chi connectivity index (χ4v) is 2.97. The molecule has 0 bridgehead atoms. The molecule has 0 aliphatic carbocycles. The third kappa shape index (κ3) is 5.99. The van der Waals surface area contributed by atoms with Gasteiger partial charge in [-0.05, 0) is 61.5 Å². The molecule has 0 spiro atoms. The van der Waals surface area contributed by atoms with Crippen molar-refractivity contribution in [3.8, 4) is 11.5 Å². The number of nitrogens with zero attached hydrogens (tertiary/aromatic N) is 1. The molecule has 0 heterocycles. The topological polar surface area (TPSA) is 77.0 Å². The first kappa shape index (κ1) is 22.2. The van der Waals surface area contributed by atoms with Gasteiger partial charge in [0.05, 0.1) is 23.9 Å². The van der Waals surface area contributed by atoms with Gasteiger partial charge in [-0.1, -0.05) is 28.1 Å². The van der Waals surface area contributed by atoms with E-state index in [-0.39, 0.29) is 11.3 Å². The van der Waals surface area contributed by atoms with Gasteiger partial charge in [0, 0.05) is 10.0 Å². The lowest BCUT2D eigenvalue weighted by Gasteiger charge is -2.09. The molecule has 31 heavy (non-hydrogen) atoms. The van der Waals surface area contributed by atoms with Gasteiger partial charge in [-0.15, -0.1) is 0 Å². The summed E-state index contributed by atoms with van der Waals surface area (Å²) in [4.78, 5) is 24.6. The van der Waals surface area contributed by atoms with Crippen LogP contribution in [0.2, 0.25) is 0 Å². The second-order valence-corrected chi connectivity index (χ2v) is 7.12. The van der Waals surface area contributed by atoms with E-state index in [1.54, 1.807) is 48.5 Å². The van der Waals surface area contributed by atoms with E-state index in [0.29, 0.717) is 23.5 Å². The molecular formula is C23H18BrFN2O4. The highest BCUT2D eigenvalue weighted by molar-refractivity contribution is 9.10. The Morgan fingerprint density at radius 3 is 2.55 bits per heavy atom. The number of esters is 1. The average Bonchev–Trinajstić information content (AvgIpc) is 2.76. The number of hydrogen-bond donors (Lipinski definition) is 1. The van der Waals surface area contributed by atoms with Gasteiger partial charge in [-0.2, -0.15) is 5.10 Å². The maximum absolute atomic E-state index is 13.7. The highest BCUT2D eigenvalue weighted by atomic mass is 79.9. The van der Waals surface area contributed by atoms with Crippen molar-refractivity contribution >= 4 is 34.0 Å². The molecule has 0 saturated carbocycles. The first-order valence-electron chi connectivity index (χ1n) is 9.30. The normalized spacial score (nSPS) is 10.7. The summed E-state index contributed by atoms with van der Waals surface area (Å²) < 4.78 is 25.3. The zero-order chi connectivity index (χ0) is 22.2. The van der Waals surface area contributed by atoms with E-state index in [4.69, 9.17) is 9.47 Å². The molecule has 0 aromatic heterocycles. The van der Waals surface area contributed by atoms with Gasteiger partial charge in [-0.25, -0.2) is 14.6 Å². The van der Waals surface area contributed by atoms with Crippen molar-refractivity contribution in [1.82, 2.24) is 5.43 Å². The SMILES string of the molecule is CCOc1ccc(C(=O)Oc2ccc(Br)cc2/C=N\NC(=O)c2ccccc2F)cc1. The predicted molar refractivity (Wildman–Crippen MR) is 118 cm³/mol. The van der Waals surface area contributed by atoms with Crippen molar-refractivity contribution in [2.45, 2.75) is 6.92 Å². The summed E-state index contributed by atoms with van der Waals surface area (Å²) in [6.07, 6.45) is 1.31. The number of hydrazone groups is 1. The highest BCUT2D eigenvalue weighted by Crippen LogP contribution is 2.23. The van der Waals surface area contributed by atoms with E-state index < -0.39 is 17.7 Å². The van der Waals surface area contributed by atoms with Gasteiger partial charge in [0.2, 0.25) is 0 Å². The molecular weight excluding hydrogens is 467 g/mol. The maximum atomic E-state index is 13.7. The van der Waals surface area contributed by atoms with Crippen LogP contribution in [0.5, 0.6) is 11.5 Å². The molecule has 0 atom stereocenters. The van der Waals surface area contributed by atoms with Crippen LogP contribution in [-0.2, 0) is 0 Å². The third-order valence-corrected chi connectivity index (χ3v) is 4.56. The largest absolute Gasteiger partial charge is 0.494 e. The Morgan fingerprint density at radius 1 is 1.10 bits per heavy atom. The van der Waals surface area contributed by atoms with Crippen LogP contribution in [-0.4, -0.2) is 24.7 Å². The van der Waals surface area contributed by atoms with Gasteiger partial charge in [0.1, 0.15) is 17.3 Å². The van der Waals surface area contributed by atoms with Crippen molar-refractivity contribution in [3.05, 3.63) is 93.7 Å². The second-order valence-electron chi connectivity index (χ2n) is 6.21. The molecule has 0 saturated heterocycles. The number of carbonyl (C=O) groups is 2. The van der Waals surface area contributed by atoms with Crippen molar-refractivity contribution in [2.24, 2.45) is 5.10 Å². The van der Waals surface area contributed by atoms with Crippen molar-refractivity contribution in [1.29, 1.82) is 0 Å². The number of amides is 1. The lowest BCUT2D eigenvalue weighted by Crippen LogP contribution is -2.19. The molecule has 8 heteroatoms. The molecule has 158 valence electrons.